The van der Waals surface area contributed by atoms with Gasteiger partial charge in [-0.25, -0.2) is 0 Å². The van der Waals surface area contributed by atoms with E-state index in [4.69, 9.17) is 10.2 Å². The number of rotatable bonds is 5. The van der Waals surface area contributed by atoms with Gasteiger partial charge >= 0.3 is 0 Å². The summed E-state index contributed by atoms with van der Waals surface area (Å²) in [6, 6.07) is 7.65. The van der Waals surface area contributed by atoms with Gasteiger partial charge in [0.2, 0.25) is 0 Å². The van der Waals surface area contributed by atoms with Crippen molar-refractivity contribution in [2.75, 3.05) is 7.05 Å². The molecule has 0 spiro atoms. The standard InChI is InChI=1S/C14H18N2O2S/c1-10(8-12-4-3-7-19-12)16(2)14(17)13-6-5-11(9-15)18-13/h3-7,10H,8-9,15H2,1-2H3. The minimum Gasteiger partial charge on any atom is -0.455 e. The molecule has 0 fully saturated rings. The van der Waals surface area contributed by atoms with Crippen LogP contribution in [-0.2, 0) is 13.0 Å². The molecule has 0 saturated heterocycles. The summed E-state index contributed by atoms with van der Waals surface area (Å²) in [5.74, 6) is 0.868. The lowest BCUT2D eigenvalue weighted by atomic mass is 10.2. The second kappa shape index (κ2) is 6.04. The Morgan fingerprint density at radius 3 is 2.84 bits per heavy atom. The fourth-order valence-corrected chi connectivity index (χ4v) is 2.66. The summed E-state index contributed by atoms with van der Waals surface area (Å²) < 4.78 is 5.39. The summed E-state index contributed by atoms with van der Waals surface area (Å²) >= 11 is 1.71. The van der Waals surface area contributed by atoms with Crippen LogP contribution in [0.3, 0.4) is 0 Å². The van der Waals surface area contributed by atoms with E-state index in [1.165, 1.54) is 4.88 Å². The molecule has 0 aliphatic heterocycles. The molecule has 0 aliphatic carbocycles. The fourth-order valence-electron chi connectivity index (χ4n) is 1.83. The molecule has 102 valence electrons. The van der Waals surface area contributed by atoms with Crippen LogP contribution < -0.4 is 5.73 Å². The van der Waals surface area contributed by atoms with Gasteiger partial charge in [-0.05, 0) is 30.5 Å². The van der Waals surface area contributed by atoms with Gasteiger partial charge in [0.1, 0.15) is 5.76 Å². The molecular formula is C14H18N2O2S. The largest absolute Gasteiger partial charge is 0.455 e. The van der Waals surface area contributed by atoms with Crippen LogP contribution in [0.25, 0.3) is 0 Å². The van der Waals surface area contributed by atoms with Crippen molar-refractivity contribution in [3.8, 4) is 0 Å². The first-order chi connectivity index (χ1) is 9.11. The molecule has 1 unspecified atom stereocenters. The highest BCUT2D eigenvalue weighted by Crippen LogP contribution is 2.16. The van der Waals surface area contributed by atoms with Crippen LogP contribution in [0.1, 0.15) is 28.1 Å². The van der Waals surface area contributed by atoms with Crippen LogP contribution in [0.2, 0.25) is 0 Å². The highest BCUT2D eigenvalue weighted by atomic mass is 32.1. The van der Waals surface area contributed by atoms with Crippen molar-refractivity contribution in [3.05, 3.63) is 46.0 Å². The molecular weight excluding hydrogens is 260 g/mol. The minimum atomic E-state index is -0.108. The lowest BCUT2D eigenvalue weighted by Crippen LogP contribution is -2.36. The fraction of sp³-hybridized carbons (Fsp3) is 0.357. The van der Waals surface area contributed by atoms with E-state index in [-0.39, 0.29) is 11.9 Å². The summed E-state index contributed by atoms with van der Waals surface area (Å²) in [4.78, 5) is 15.2. The maximum Gasteiger partial charge on any atom is 0.289 e. The first kappa shape index (κ1) is 13.8. The Morgan fingerprint density at radius 2 is 2.26 bits per heavy atom. The van der Waals surface area contributed by atoms with Crippen molar-refractivity contribution in [3.63, 3.8) is 0 Å². The Kier molecular flexibility index (Phi) is 4.39. The van der Waals surface area contributed by atoms with E-state index in [0.717, 1.165) is 6.42 Å². The Balaban J connectivity index is 2.01. The number of nitrogens with zero attached hydrogens (tertiary/aromatic N) is 1. The third-order valence-electron chi connectivity index (χ3n) is 3.13. The van der Waals surface area contributed by atoms with Gasteiger partial charge < -0.3 is 15.1 Å². The summed E-state index contributed by atoms with van der Waals surface area (Å²) in [7, 11) is 1.80. The SMILES string of the molecule is CC(Cc1cccs1)N(C)C(=O)c1ccc(CN)o1. The zero-order valence-electron chi connectivity index (χ0n) is 11.1. The first-order valence-electron chi connectivity index (χ1n) is 6.20. The number of nitrogens with two attached hydrogens (primary N) is 1. The van der Waals surface area contributed by atoms with E-state index >= 15 is 0 Å². The maximum absolute atomic E-state index is 12.2. The number of carbonyl (C=O) groups is 1. The second-order valence-electron chi connectivity index (χ2n) is 4.52. The average Bonchev–Trinajstić information content (AvgIpc) is 3.07. The average molecular weight is 278 g/mol. The molecule has 5 heteroatoms. The van der Waals surface area contributed by atoms with E-state index < -0.39 is 0 Å². The first-order valence-corrected chi connectivity index (χ1v) is 7.08. The van der Waals surface area contributed by atoms with Crippen molar-refractivity contribution in [1.82, 2.24) is 4.90 Å². The van der Waals surface area contributed by atoms with E-state index in [0.29, 0.717) is 18.1 Å². The lowest BCUT2D eigenvalue weighted by molar-refractivity contribution is 0.0710. The molecule has 0 radical (unpaired) electrons. The smallest absolute Gasteiger partial charge is 0.289 e. The van der Waals surface area contributed by atoms with Crippen molar-refractivity contribution >= 4 is 17.2 Å². The molecule has 1 atom stereocenters. The van der Waals surface area contributed by atoms with Crippen molar-refractivity contribution in [2.45, 2.75) is 25.9 Å². The Bertz CT molecular complexity index is 533. The van der Waals surface area contributed by atoms with Crippen molar-refractivity contribution in [2.24, 2.45) is 5.73 Å². The van der Waals surface area contributed by atoms with Gasteiger partial charge in [0.05, 0.1) is 6.54 Å². The van der Waals surface area contributed by atoms with Gasteiger partial charge in [0.15, 0.2) is 5.76 Å². The topological polar surface area (TPSA) is 59.5 Å². The number of furan rings is 1. The monoisotopic (exact) mass is 278 g/mol. The molecule has 0 aliphatic rings. The molecule has 1 amide bonds. The van der Waals surface area contributed by atoms with Crippen LogP contribution in [-0.4, -0.2) is 23.9 Å². The number of likely N-dealkylation sites (N-methyl/N-ethyl adjacent to an activating group) is 1. The summed E-state index contributed by atoms with van der Waals surface area (Å²) in [6.45, 7) is 2.34. The van der Waals surface area contributed by atoms with Gasteiger partial charge in [-0.1, -0.05) is 6.07 Å². The number of carbonyl (C=O) groups excluding carboxylic acids is 1. The highest BCUT2D eigenvalue weighted by Gasteiger charge is 2.20. The van der Waals surface area contributed by atoms with Crippen LogP contribution in [0.15, 0.2) is 34.1 Å². The highest BCUT2D eigenvalue weighted by molar-refractivity contribution is 7.09. The van der Waals surface area contributed by atoms with Crippen molar-refractivity contribution < 1.29 is 9.21 Å². The van der Waals surface area contributed by atoms with Crippen LogP contribution in [0, 0.1) is 0 Å². The normalized spacial score (nSPS) is 12.4. The Labute approximate surface area is 116 Å². The van der Waals surface area contributed by atoms with E-state index in [9.17, 15) is 4.79 Å². The lowest BCUT2D eigenvalue weighted by Gasteiger charge is -2.23. The molecule has 2 N–H and O–H groups in total. The summed E-state index contributed by atoms with van der Waals surface area (Å²) in [6.07, 6.45) is 0.852. The van der Waals surface area contributed by atoms with Crippen LogP contribution >= 0.6 is 11.3 Å². The number of hydrogen-bond donors (Lipinski definition) is 1. The van der Waals surface area contributed by atoms with Gasteiger partial charge in [-0.3, -0.25) is 4.79 Å². The molecule has 0 saturated carbocycles. The predicted molar refractivity (Wildman–Crippen MR) is 76.2 cm³/mol. The van der Waals surface area contributed by atoms with Gasteiger partial charge in [0, 0.05) is 24.4 Å². The number of thiophene rings is 1. The van der Waals surface area contributed by atoms with Crippen molar-refractivity contribution in [1.29, 1.82) is 0 Å². The van der Waals surface area contributed by atoms with E-state index in [1.54, 1.807) is 35.4 Å². The summed E-state index contributed by atoms with van der Waals surface area (Å²) in [5, 5.41) is 2.05. The maximum atomic E-state index is 12.2. The third-order valence-corrected chi connectivity index (χ3v) is 4.03. The molecule has 2 heterocycles. The zero-order valence-corrected chi connectivity index (χ0v) is 11.9. The number of hydrogen-bond acceptors (Lipinski definition) is 4. The quantitative estimate of drug-likeness (QED) is 0.914. The zero-order chi connectivity index (χ0) is 13.8. The molecule has 2 aromatic rings. The van der Waals surface area contributed by atoms with Crippen LogP contribution in [0.4, 0.5) is 0 Å². The molecule has 2 aromatic heterocycles. The summed E-state index contributed by atoms with van der Waals surface area (Å²) in [5.41, 5.74) is 5.47. The molecule has 2 rings (SSSR count). The van der Waals surface area contributed by atoms with Crippen LogP contribution in [0.5, 0.6) is 0 Å². The second-order valence-corrected chi connectivity index (χ2v) is 5.55. The van der Waals surface area contributed by atoms with Gasteiger partial charge in [-0.15, -0.1) is 11.3 Å². The minimum absolute atomic E-state index is 0.108. The van der Waals surface area contributed by atoms with Gasteiger partial charge in [0.25, 0.3) is 5.91 Å². The predicted octanol–water partition coefficient (Wildman–Crippen LogP) is 2.50. The Hall–Kier alpha value is -1.59. The number of amides is 1. The molecule has 0 aromatic carbocycles. The third kappa shape index (κ3) is 3.24. The van der Waals surface area contributed by atoms with E-state index in [2.05, 4.69) is 6.07 Å². The molecule has 0 bridgehead atoms. The van der Waals surface area contributed by atoms with E-state index in [1.807, 2.05) is 18.4 Å². The Morgan fingerprint density at radius 1 is 1.47 bits per heavy atom. The van der Waals surface area contributed by atoms with Gasteiger partial charge in [-0.2, -0.15) is 0 Å². The molecule has 4 nitrogen and oxygen atoms in total. The molecule has 19 heavy (non-hydrogen) atoms.